The van der Waals surface area contributed by atoms with Gasteiger partial charge in [0.05, 0.1) is 22.4 Å². The molecule has 6 nitrogen and oxygen atoms in total. The summed E-state index contributed by atoms with van der Waals surface area (Å²) in [5.41, 5.74) is 2.20. The van der Waals surface area contributed by atoms with Gasteiger partial charge in [0.15, 0.2) is 0 Å². The number of nitro benzene ring substituents is 1. The molecule has 0 fully saturated rings. The summed E-state index contributed by atoms with van der Waals surface area (Å²) < 4.78 is 0. The van der Waals surface area contributed by atoms with Crippen LogP contribution in [0.4, 0.5) is 5.69 Å². The highest BCUT2D eigenvalue weighted by molar-refractivity contribution is 5.72. The van der Waals surface area contributed by atoms with E-state index < -0.39 is 0 Å². The third-order valence-electron chi connectivity index (χ3n) is 2.90. The van der Waals surface area contributed by atoms with Crippen LogP contribution in [-0.4, -0.2) is 20.7 Å². The molecule has 6 heteroatoms. The minimum atomic E-state index is -0.378. The molecule has 2 N–H and O–H groups in total. The first-order chi connectivity index (χ1) is 9.38. The second-order valence-electron chi connectivity index (χ2n) is 5.65. The Hall–Kier alpha value is -2.21. The number of benzene rings is 1. The van der Waals surface area contributed by atoms with E-state index in [-0.39, 0.29) is 16.1 Å². The number of hydrogen-bond donors (Lipinski definition) is 2. The largest absolute Gasteiger partial charge is 0.308 e. The van der Waals surface area contributed by atoms with E-state index in [1.807, 2.05) is 0 Å². The minimum absolute atomic E-state index is 0.0306. The molecule has 0 aliphatic carbocycles. The molecule has 2 aromatic rings. The van der Waals surface area contributed by atoms with Crippen LogP contribution in [0.3, 0.4) is 0 Å². The second kappa shape index (κ2) is 5.42. The molecule has 0 atom stereocenters. The molecule has 0 radical (unpaired) electrons. The Morgan fingerprint density at radius 2 is 2.05 bits per heavy atom. The van der Waals surface area contributed by atoms with Crippen LogP contribution in [0.5, 0.6) is 0 Å². The summed E-state index contributed by atoms with van der Waals surface area (Å²) in [4.78, 5) is 10.7. The summed E-state index contributed by atoms with van der Waals surface area (Å²) >= 11 is 0. The highest BCUT2D eigenvalue weighted by Gasteiger charge is 2.19. The van der Waals surface area contributed by atoms with E-state index in [1.54, 1.807) is 24.4 Å². The van der Waals surface area contributed by atoms with Gasteiger partial charge in [-0.1, -0.05) is 12.1 Å². The van der Waals surface area contributed by atoms with E-state index in [0.29, 0.717) is 17.8 Å². The zero-order valence-electron chi connectivity index (χ0n) is 11.8. The van der Waals surface area contributed by atoms with Crippen molar-refractivity contribution in [3.8, 4) is 11.3 Å². The monoisotopic (exact) mass is 274 g/mol. The molecule has 1 aromatic heterocycles. The Bertz CT molecular complexity index is 614. The number of aromatic amines is 1. The minimum Gasteiger partial charge on any atom is -0.308 e. The van der Waals surface area contributed by atoms with Crippen molar-refractivity contribution >= 4 is 5.69 Å². The van der Waals surface area contributed by atoms with Crippen LogP contribution < -0.4 is 5.32 Å². The van der Waals surface area contributed by atoms with Gasteiger partial charge < -0.3 is 5.32 Å². The molecule has 20 heavy (non-hydrogen) atoms. The standard InChI is InChI=1S/C14H18N4O2/c1-14(2,3)15-8-10-9-16-17-13(10)11-6-4-5-7-12(11)18(19)20/h4-7,9,15H,8H2,1-3H3,(H,16,17). The average molecular weight is 274 g/mol. The van der Waals surface area contributed by atoms with Gasteiger partial charge in [-0.15, -0.1) is 0 Å². The number of para-hydroxylation sites is 1. The van der Waals surface area contributed by atoms with Crippen molar-refractivity contribution in [1.82, 2.24) is 15.5 Å². The molecule has 106 valence electrons. The first kappa shape index (κ1) is 14.2. The van der Waals surface area contributed by atoms with Gasteiger partial charge >= 0.3 is 0 Å². The average Bonchev–Trinajstić information content (AvgIpc) is 2.83. The van der Waals surface area contributed by atoms with Crippen molar-refractivity contribution in [3.05, 3.63) is 46.1 Å². The summed E-state index contributed by atoms with van der Waals surface area (Å²) in [6.45, 7) is 6.80. The Morgan fingerprint density at radius 3 is 2.70 bits per heavy atom. The van der Waals surface area contributed by atoms with Crippen LogP contribution in [0.15, 0.2) is 30.5 Å². The normalized spacial score (nSPS) is 11.6. The lowest BCUT2D eigenvalue weighted by Gasteiger charge is -2.20. The molecule has 0 saturated carbocycles. The maximum Gasteiger partial charge on any atom is 0.278 e. The second-order valence-corrected chi connectivity index (χ2v) is 5.65. The van der Waals surface area contributed by atoms with Crippen molar-refractivity contribution in [2.45, 2.75) is 32.9 Å². The van der Waals surface area contributed by atoms with E-state index in [9.17, 15) is 10.1 Å². The smallest absolute Gasteiger partial charge is 0.278 e. The fourth-order valence-corrected chi connectivity index (χ4v) is 1.88. The summed E-state index contributed by atoms with van der Waals surface area (Å²) in [6, 6.07) is 6.67. The van der Waals surface area contributed by atoms with E-state index in [4.69, 9.17) is 0 Å². The van der Waals surface area contributed by atoms with Crippen molar-refractivity contribution < 1.29 is 4.92 Å². The van der Waals surface area contributed by atoms with E-state index >= 15 is 0 Å². The number of rotatable bonds is 4. The summed E-state index contributed by atoms with van der Waals surface area (Å²) in [6.07, 6.45) is 1.70. The van der Waals surface area contributed by atoms with Gasteiger partial charge in [0.25, 0.3) is 5.69 Å². The van der Waals surface area contributed by atoms with Crippen LogP contribution in [-0.2, 0) is 6.54 Å². The third kappa shape index (κ3) is 3.21. The quantitative estimate of drug-likeness (QED) is 0.663. The fourth-order valence-electron chi connectivity index (χ4n) is 1.88. The molecule has 0 spiro atoms. The number of hydrogen-bond acceptors (Lipinski definition) is 4. The van der Waals surface area contributed by atoms with Crippen LogP contribution in [0.1, 0.15) is 26.3 Å². The Balaban J connectivity index is 2.35. The van der Waals surface area contributed by atoms with Crippen molar-refractivity contribution in [1.29, 1.82) is 0 Å². The van der Waals surface area contributed by atoms with E-state index in [1.165, 1.54) is 6.07 Å². The Morgan fingerprint density at radius 1 is 1.35 bits per heavy atom. The van der Waals surface area contributed by atoms with Crippen LogP contribution >= 0.6 is 0 Å². The van der Waals surface area contributed by atoms with E-state index in [0.717, 1.165) is 5.56 Å². The molecule has 0 aliphatic rings. The predicted molar refractivity (Wildman–Crippen MR) is 77.3 cm³/mol. The first-order valence-corrected chi connectivity index (χ1v) is 6.39. The van der Waals surface area contributed by atoms with Crippen LogP contribution in [0.25, 0.3) is 11.3 Å². The van der Waals surface area contributed by atoms with Gasteiger partial charge in [-0.2, -0.15) is 5.10 Å². The number of aromatic nitrogens is 2. The van der Waals surface area contributed by atoms with Crippen molar-refractivity contribution in [2.24, 2.45) is 0 Å². The summed E-state index contributed by atoms with van der Waals surface area (Å²) in [5.74, 6) is 0. The zero-order valence-corrected chi connectivity index (χ0v) is 11.8. The van der Waals surface area contributed by atoms with Gasteiger partial charge in [0.1, 0.15) is 0 Å². The topological polar surface area (TPSA) is 83.8 Å². The van der Waals surface area contributed by atoms with Crippen LogP contribution in [0, 0.1) is 10.1 Å². The number of nitro groups is 1. The molecule has 0 bridgehead atoms. The molecule has 0 saturated heterocycles. The van der Waals surface area contributed by atoms with Gasteiger partial charge in [-0.3, -0.25) is 15.2 Å². The fraction of sp³-hybridized carbons (Fsp3) is 0.357. The van der Waals surface area contributed by atoms with Gasteiger partial charge in [0.2, 0.25) is 0 Å². The lowest BCUT2D eigenvalue weighted by Crippen LogP contribution is -2.35. The Kier molecular flexibility index (Phi) is 3.85. The maximum absolute atomic E-state index is 11.1. The molecule has 0 aliphatic heterocycles. The molecule has 0 unspecified atom stereocenters. The van der Waals surface area contributed by atoms with Gasteiger partial charge in [-0.05, 0) is 26.8 Å². The van der Waals surface area contributed by atoms with Crippen molar-refractivity contribution in [2.75, 3.05) is 0 Å². The highest BCUT2D eigenvalue weighted by Crippen LogP contribution is 2.30. The van der Waals surface area contributed by atoms with E-state index in [2.05, 4.69) is 36.3 Å². The molecule has 2 rings (SSSR count). The lowest BCUT2D eigenvalue weighted by molar-refractivity contribution is -0.384. The SMILES string of the molecule is CC(C)(C)NCc1cn[nH]c1-c1ccccc1[N+](=O)[O-]. The maximum atomic E-state index is 11.1. The molecular formula is C14H18N4O2. The van der Waals surface area contributed by atoms with Gasteiger partial charge in [-0.25, -0.2) is 0 Å². The highest BCUT2D eigenvalue weighted by atomic mass is 16.6. The zero-order chi connectivity index (χ0) is 14.8. The summed E-state index contributed by atoms with van der Waals surface area (Å²) in [7, 11) is 0. The number of nitrogens with one attached hydrogen (secondary N) is 2. The molecule has 1 aromatic carbocycles. The lowest BCUT2D eigenvalue weighted by atomic mass is 10.0. The van der Waals surface area contributed by atoms with Gasteiger partial charge in [0, 0.05) is 23.7 Å². The molecular weight excluding hydrogens is 256 g/mol. The first-order valence-electron chi connectivity index (χ1n) is 6.39. The third-order valence-corrected chi connectivity index (χ3v) is 2.90. The molecule has 0 amide bonds. The molecule has 1 heterocycles. The summed E-state index contributed by atoms with van der Waals surface area (Å²) in [5, 5.41) is 21.3. The van der Waals surface area contributed by atoms with Crippen molar-refractivity contribution in [3.63, 3.8) is 0 Å². The van der Waals surface area contributed by atoms with Crippen LogP contribution in [0.2, 0.25) is 0 Å². The number of nitrogens with zero attached hydrogens (tertiary/aromatic N) is 2. The number of H-pyrrole nitrogens is 1. The Labute approximate surface area is 117 Å². The predicted octanol–water partition coefficient (Wildman–Crippen LogP) is 2.87.